The summed E-state index contributed by atoms with van der Waals surface area (Å²) in [5.41, 5.74) is 0.378. The Morgan fingerprint density at radius 1 is 1.29 bits per heavy atom. The Kier molecular flexibility index (Phi) is 3.76. The van der Waals surface area contributed by atoms with Crippen molar-refractivity contribution in [2.75, 3.05) is 11.9 Å². The van der Waals surface area contributed by atoms with Crippen LogP contribution in [0.1, 0.15) is 31.2 Å². The number of hydrogen-bond acceptors (Lipinski definition) is 3. The Morgan fingerprint density at radius 3 is 2.52 bits per heavy atom. The summed E-state index contributed by atoms with van der Waals surface area (Å²) >= 11 is 1.45. The van der Waals surface area contributed by atoms with Crippen molar-refractivity contribution >= 4 is 22.4 Å². The van der Waals surface area contributed by atoms with Crippen molar-refractivity contribution in [3.05, 3.63) is 47.2 Å². The summed E-state index contributed by atoms with van der Waals surface area (Å²) in [4.78, 5) is 18.9. The minimum absolute atomic E-state index is 0.0570. The van der Waals surface area contributed by atoms with Crippen molar-refractivity contribution in [3.8, 4) is 0 Å². The van der Waals surface area contributed by atoms with Gasteiger partial charge in [0.25, 0.3) is 0 Å². The molecule has 0 radical (unpaired) electrons. The maximum absolute atomic E-state index is 13.2. The SMILES string of the molecule is CN(C(=O)C1(c2ccc(F)cc2)CCCC1)c1nccs1. The van der Waals surface area contributed by atoms with Crippen LogP contribution in [0.25, 0.3) is 0 Å². The standard InChI is InChI=1S/C16H17FN2OS/c1-19(15-18-10-11-21-15)14(20)16(8-2-3-9-16)12-4-6-13(17)7-5-12/h4-7,10-11H,2-3,8-9H2,1H3. The third-order valence-corrected chi connectivity index (χ3v) is 5.12. The molecule has 3 nitrogen and oxygen atoms in total. The van der Waals surface area contributed by atoms with Gasteiger partial charge in [0, 0.05) is 18.6 Å². The highest BCUT2D eigenvalue weighted by Gasteiger charge is 2.44. The Labute approximate surface area is 127 Å². The number of likely N-dealkylation sites (N-methyl/N-ethyl adjacent to an activating group) is 1. The van der Waals surface area contributed by atoms with Crippen LogP contribution in [-0.2, 0) is 10.2 Å². The Hall–Kier alpha value is -1.75. The van der Waals surface area contributed by atoms with E-state index in [9.17, 15) is 9.18 Å². The fourth-order valence-corrected chi connectivity index (χ4v) is 3.77. The number of thiazole rings is 1. The third kappa shape index (κ3) is 2.46. The van der Waals surface area contributed by atoms with Crippen LogP contribution >= 0.6 is 11.3 Å². The van der Waals surface area contributed by atoms with Gasteiger partial charge in [0.1, 0.15) is 5.82 Å². The van der Waals surface area contributed by atoms with Crippen LogP contribution in [0.2, 0.25) is 0 Å². The summed E-state index contributed by atoms with van der Waals surface area (Å²) in [6.45, 7) is 0. The molecule has 3 rings (SSSR count). The van der Waals surface area contributed by atoms with Crippen LogP contribution in [0.3, 0.4) is 0 Å². The lowest BCUT2D eigenvalue weighted by Gasteiger charge is -2.31. The van der Waals surface area contributed by atoms with E-state index < -0.39 is 5.41 Å². The molecule has 0 N–H and O–H groups in total. The van der Waals surface area contributed by atoms with Crippen molar-refractivity contribution in [3.63, 3.8) is 0 Å². The number of rotatable bonds is 3. The highest BCUT2D eigenvalue weighted by molar-refractivity contribution is 7.13. The van der Waals surface area contributed by atoms with Crippen molar-refractivity contribution in [1.82, 2.24) is 4.98 Å². The molecular weight excluding hydrogens is 287 g/mol. The van der Waals surface area contributed by atoms with E-state index in [1.54, 1.807) is 30.3 Å². The molecule has 0 bridgehead atoms. The van der Waals surface area contributed by atoms with Crippen molar-refractivity contribution in [2.24, 2.45) is 0 Å². The van der Waals surface area contributed by atoms with E-state index in [4.69, 9.17) is 0 Å². The molecule has 1 saturated carbocycles. The van der Waals surface area contributed by atoms with E-state index in [0.29, 0.717) is 5.13 Å². The first-order valence-corrected chi connectivity index (χ1v) is 7.95. The predicted octanol–water partition coefficient (Wildman–Crippen LogP) is 3.76. The molecule has 0 aliphatic heterocycles. The average Bonchev–Trinajstić information content (AvgIpc) is 3.18. The van der Waals surface area contributed by atoms with Crippen LogP contribution in [0.15, 0.2) is 35.8 Å². The van der Waals surface area contributed by atoms with E-state index >= 15 is 0 Å². The van der Waals surface area contributed by atoms with E-state index in [1.807, 2.05) is 5.38 Å². The van der Waals surface area contributed by atoms with Crippen LogP contribution in [0.4, 0.5) is 9.52 Å². The first-order valence-electron chi connectivity index (χ1n) is 7.07. The van der Waals surface area contributed by atoms with Crippen LogP contribution in [0.5, 0.6) is 0 Å². The topological polar surface area (TPSA) is 33.2 Å². The van der Waals surface area contributed by atoms with Crippen molar-refractivity contribution in [1.29, 1.82) is 0 Å². The molecular formula is C16H17FN2OS. The molecule has 1 aliphatic rings. The zero-order chi connectivity index (χ0) is 14.9. The number of nitrogens with zero attached hydrogens (tertiary/aromatic N) is 2. The number of carbonyl (C=O) groups is 1. The Bertz CT molecular complexity index is 618. The number of benzene rings is 1. The fourth-order valence-electron chi connectivity index (χ4n) is 3.16. The fraction of sp³-hybridized carbons (Fsp3) is 0.375. The molecule has 0 atom stereocenters. The number of amides is 1. The summed E-state index contributed by atoms with van der Waals surface area (Å²) in [6.07, 6.45) is 5.37. The number of hydrogen-bond donors (Lipinski definition) is 0. The zero-order valence-corrected chi connectivity index (χ0v) is 12.7. The van der Waals surface area contributed by atoms with Gasteiger partial charge in [0.15, 0.2) is 5.13 Å². The van der Waals surface area contributed by atoms with Crippen molar-refractivity contribution in [2.45, 2.75) is 31.1 Å². The molecule has 2 aromatic rings. The number of anilines is 1. The second-order valence-corrected chi connectivity index (χ2v) is 6.35. The second-order valence-electron chi connectivity index (χ2n) is 5.47. The zero-order valence-electron chi connectivity index (χ0n) is 11.9. The maximum atomic E-state index is 13.2. The minimum atomic E-state index is -0.534. The van der Waals surface area contributed by atoms with Gasteiger partial charge in [0.2, 0.25) is 5.91 Å². The smallest absolute Gasteiger partial charge is 0.239 e. The first kappa shape index (κ1) is 14.2. The van der Waals surface area contributed by atoms with Gasteiger partial charge >= 0.3 is 0 Å². The molecule has 1 aliphatic carbocycles. The Morgan fingerprint density at radius 2 is 1.95 bits per heavy atom. The van der Waals surface area contributed by atoms with Crippen LogP contribution in [-0.4, -0.2) is 17.9 Å². The van der Waals surface area contributed by atoms with Gasteiger partial charge in [-0.05, 0) is 30.5 Å². The lowest BCUT2D eigenvalue weighted by molar-refractivity contribution is -0.123. The van der Waals surface area contributed by atoms with Gasteiger partial charge < -0.3 is 0 Å². The van der Waals surface area contributed by atoms with Gasteiger partial charge in [-0.2, -0.15) is 0 Å². The molecule has 5 heteroatoms. The summed E-state index contributed by atoms with van der Waals surface area (Å²) < 4.78 is 13.2. The van der Waals surface area contributed by atoms with Gasteiger partial charge in [-0.3, -0.25) is 9.69 Å². The molecule has 1 heterocycles. The monoisotopic (exact) mass is 304 g/mol. The predicted molar refractivity (Wildman–Crippen MR) is 82.1 cm³/mol. The van der Waals surface area contributed by atoms with E-state index in [0.717, 1.165) is 31.2 Å². The number of carbonyl (C=O) groups excluding carboxylic acids is 1. The summed E-state index contributed by atoms with van der Waals surface area (Å²) in [5, 5.41) is 2.56. The third-order valence-electron chi connectivity index (χ3n) is 4.27. The van der Waals surface area contributed by atoms with Crippen molar-refractivity contribution < 1.29 is 9.18 Å². The number of aromatic nitrogens is 1. The minimum Gasteiger partial charge on any atom is -0.290 e. The quantitative estimate of drug-likeness (QED) is 0.865. The van der Waals surface area contributed by atoms with Gasteiger partial charge in [-0.25, -0.2) is 9.37 Å². The normalized spacial score (nSPS) is 16.9. The van der Waals surface area contributed by atoms with E-state index in [-0.39, 0.29) is 11.7 Å². The lowest BCUT2D eigenvalue weighted by atomic mass is 9.77. The molecule has 110 valence electrons. The van der Waals surface area contributed by atoms with Gasteiger partial charge in [-0.15, -0.1) is 11.3 Å². The lowest BCUT2D eigenvalue weighted by Crippen LogP contribution is -2.43. The van der Waals surface area contributed by atoms with E-state index in [1.165, 1.54) is 23.5 Å². The molecule has 21 heavy (non-hydrogen) atoms. The Balaban J connectivity index is 1.97. The molecule has 0 saturated heterocycles. The molecule has 0 unspecified atom stereocenters. The van der Waals surface area contributed by atoms with Crippen LogP contribution < -0.4 is 4.90 Å². The summed E-state index contributed by atoms with van der Waals surface area (Å²) in [5.74, 6) is -0.214. The summed E-state index contributed by atoms with van der Waals surface area (Å²) in [6, 6.07) is 6.36. The van der Waals surface area contributed by atoms with Gasteiger partial charge in [-0.1, -0.05) is 25.0 Å². The van der Waals surface area contributed by atoms with Gasteiger partial charge in [0.05, 0.1) is 5.41 Å². The average molecular weight is 304 g/mol. The highest BCUT2D eigenvalue weighted by atomic mass is 32.1. The molecule has 1 fully saturated rings. The maximum Gasteiger partial charge on any atom is 0.239 e. The second kappa shape index (κ2) is 5.56. The largest absolute Gasteiger partial charge is 0.290 e. The number of halogens is 1. The highest BCUT2D eigenvalue weighted by Crippen LogP contribution is 2.43. The van der Waals surface area contributed by atoms with Crippen LogP contribution in [0, 0.1) is 5.82 Å². The molecule has 1 amide bonds. The molecule has 1 aromatic heterocycles. The van der Waals surface area contributed by atoms with E-state index in [2.05, 4.69) is 4.98 Å². The first-order chi connectivity index (χ1) is 10.1. The summed E-state index contributed by atoms with van der Waals surface area (Å²) in [7, 11) is 1.77. The molecule has 0 spiro atoms. The molecule has 1 aromatic carbocycles.